The summed E-state index contributed by atoms with van der Waals surface area (Å²) in [5.41, 5.74) is -0.425. The molecule has 0 heterocycles. The molecule has 0 saturated carbocycles. The highest BCUT2D eigenvalue weighted by Gasteiger charge is 2.16. The zero-order valence-corrected chi connectivity index (χ0v) is 10.4. The van der Waals surface area contributed by atoms with Crippen LogP contribution < -0.4 is 0 Å². The van der Waals surface area contributed by atoms with Gasteiger partial charge in [-0.05, 0) is 33.6 Å². The molecule has 0 aromatic rings. The molecular weight excluding hydrogens is 192 g/mol. The fourth-order valence-corrected chi connectivity index (χ4v) is 1.26. The van der Waals surface area contributed by atoms with Gasteiger partial charge in [0.05, 0.1) is 6.10 Å². The van der Waals surface area contributed by atoms with Crippen LogP contribution in [0.4, 0.5) is 0 Å². The fraction of sp³-hybridized carbons (Fsp3) is 0.917. The smallest absolute Gasteiger partial charge is 0.306 e. The third-order valence-electron chi connectivity index (χ3n) is 1.99. The standard InChI is InChI=1S/C12H24O3/c1-5-6-7-10(13)8-9-11(14)15-12(2,3)4/h10,13H,5-9H2,1-4H3/t10-/m0/s1. The Hall–Kier alpha value is -0.570. The predicted molar refractivity (Wildman–Crippen MR) is 60.6 cm³/mol. The zero-order valence-electron chi connectivity index (χ0n) is 10.4. The number of esters is 1. The third kappa shape index (κ3) is 9.73. The SMILES string of the molecule is CCCC[C@H](O)CCC(=O)OC(C)(C)C. The van der Waals surface area contributed by atoms with Crippen molar-refractivity contribution in [3.63, 3.8) is 0 Å². The summed E-state index contributed by atoms with van der Waals surface area (Å²) in [6, 6.07) is 0. The summed E-state index contributed by atoms with van der Waals surface area (Å²) in [5.74, 6) is -0.224. The summed E-state index contributed by atoms with van der Waals surface area (Å²) in [7, 11) is 0. The molecule has 15 heavy (non-hydrogen) atoms. The molecule has 3 nitrogen and oxygen atoms in total. The highest BCUT2D eigenvalue weighted by Crippen LogP contribution is 2.11. The predicted octanol–water partition coefficient (Wildman–Crippen LogP) is 2.66. The Morgan fingerprint density at radius 1 is 1.33 bits per heavy atom. The summed E-state index contributed by atoms with van der Waals surface area (Å²) in [6.07, 6.45) is 3.31. The third-order valence-corrected chi connectivity index (χ3v) is 1.99. The average molecular weight is 216 g/mol. The summed E-state index contributed by atoms with van der Waals surface area (Å²) in [4.78, 5) is 11.3. The van der Waals surface area contributed by atoms with E-state index in [1.54, 1.807) is 0 Å². The van der Waals surface area contributed by atoms with Crippen molar-refractivity contribution in [2.75, 3.05) is 0 Å². The number of carbonyl (C=O) groups is 1. The topological polar surface area (TPSA) is 46.5 Å². The lowest BCUT2D eigenvalue weighted by Crippen LogP contribution is -2.24. The monoisotopic (exact) mass is 216 g/mol. The molecule has 0 rings (SSSR count). The molecule has 0 aliphatic heterocycles. The van der Waals surface area contributed by atoms with Gasteiger partial charge in [-0.2, -0.15) is 0 Å². The Labute approximate surface area is 92.8 Å². The minimum absolute atomic E-state index is 0.224. The number of aliphatic hydroxyl groups excluding tert-OH is 1. The molecule has 0 saturated heterocycles. The molecule has 90 valence electrons. The summed E-state index contributed by atoms with van der Waals surface area (Å²) in [6.45, 7) is 7.62. The Morgan fingerprint density at radius 2 is 1.93 bits per heavy atom. The normalized spacial score (nSPS) is 13.7. The maximum absolute atomic E-state index is 11.3. The van der Waals surface area contributed by atoms with Crippen LogP contribution in [0.2, 0.25) is 0 Å². The van der Waals surface area contributed by atoms with E-state index in [1.165, 1.54) is 0 Å². The Kier molecular flexibility index (Phi) is 6.57. The second-order valence-electron chi connectivity index (χ2n) is 4.92. The van der Waals surface area contributed by atoms with Gasteiger partial charge in [-0.1, -0.05) is 19.8 Å². The molecule has 1 atom stereocenters. The maximum atomic E-state index is 11.3. The van der Waals surface area contributed by atoms with E-state index in [9.17, 15) is 9.90 Å². The quantitative estimate of drug-likeness (QED) is 0.694. The molecule has 1 N–H and O–H groups in total. The first kappa shape index (κ1) is 14.4. The van der Waals surface area contributed by atoms with Crippen LogP contribution >= 0.6 is 0 Å². The van der Waals surface area contributed by atoms with Crippen molar-refractivity contribution in [2.24, 2.45) is 0 Å². The molecule has 0 unspecified atom stereocenters. The van der Waals surface area contributed by atoms with Gasteiger partial charge >= 0.3 is 5.97 Å². The summed E-state index contributed by atoms with van der Waals surface area (Å²) < 4.78 is 5.14. The van der Waals surface area contributed by atoms with E-state index in [4.69, 9.17) is 4.74 Å². The number of hydrogen-bond acceptors (Lipinski definition) is 3. The van der Waals surface area contributed by atoms with E-state index in [-0.39, 0.29) is 12.1 Å². The van der Waals surface area contributed by atoms with Crippen molar-refractivity contribution in [3.8, 4) is 0 Å². The molecular formula is C12H24O3. The van der Waals surface area contributed by atoms with E-state index in [0.29, 0.717) is 12.8 Å². The minimum atomic E-state index is -0.425. The van der Waals surface area contributed by atoms with Gasteiger partial charge in [-0.25, -0.2) is 0 Å². The van der Waals surface area contributed by atoms with E-state index < -0.39 is 5.60 Å². The number of hydrogen-bond donors (Lipinski definition) is 1. The van der Waals surface area contributed by atoms with Gasteiger partial charge in [0.2, 0.25) is 0 Å². The van der Waals surface area contributed by atoms with E-state index in [2.05, 4.69) is 6.92 Å². The van der Waals surface area contributed by atoms with Crippen molar-refractivity contribution in [1.82, 2.24) is 0 Å². The van der Waals surface area contributed by atoms with Crippen molar-refractivity contribution in [2.45, 2.75) is 71.5 Å². The second kappa shape index (κ2) is 6.83. The molecule has 3 heteroatoms. The van der Waals surface area contributed by atoms with Crippen LogP contribution in [-0.4, -0.2) is 22.8 Å². The van der Waals surface area contributed by atoms with Crippen LogP contribution in [-0.2, 0) is 9.53 Å². The van der Waals surface area contributed by atoms with Gasteiger partial charge in [-0.3, -0.25) is 4.79 Å². The van der Waals surface area contributed by atoms with Crippen molar-refractivity contribution >= 4 is 5.97 Å². The van der Waals surface area contributed by atoms with Crippen LogP contribution in [0, 0.1) is 0 Å². The molecule has 0 aliphatic rings. The summed E-state index contributed by atoms with van der Waals surface area (Å²) >= 11 is 0. The fourth-order valence-electron chi connectivity index (χ4n) is 1.26. The average Bonchev–Trinajstić information content (AvgIpc) is 2.08. The Bertz CT molecular complexity index is 182. The van der Waals surface area contributed by atoms with Crippen molar-refractivity contribution in [1.29, 1.82) is 0 Å². The second-order valence-corrected chi connectivity index (χ2v) is 4.92. The molecule has 0 fully saturated rings. The first-order valence-corrected chi connectivity index (χ1v) is 5.75. The Morgan fingerprint density at radius 3 is 2.40 bits per heavy atom. The number of unbranched alkanes of at least 4 members (excludes halogenated alkanes) is 1. The number of carbonyl (C=O) groups excluding carboxylic acids is 1. The zero-order chi connectivity index (χ0) is 11.9. The van der Waals surface area contributed by atoms with Gasteiger partial charge in [0, 0.05) is 6.42 Å². The van der Waals surface area contributed by atoms with Gasteiger partial charge in [0.1, 0.15) is 5.60 Å². The first-order valence-electron chi connectivity index (χ1n) is 5.75. The molecule has 0 aromatic heterocycles. The van der Waals surface area contributed by atoms with Crippen LogP contribution in [0.3, 0.4) is 0 Å². The maximum Gasteiger partial charge on any atom is 0.306 e. The molecule has 0 radical (unpaired) electrons. The van der Waals surface area contributed by atoms with E-state index in [0.717, 1.165) is 19.3 Å². The van der Waals surface area contributed by atoms with Gasteiger partial charge in [0.25, 0.3) is 0 Å². The van der Waals surface area contributed by atoms with Crippen LogP contribution in [0.15, 0.2) is 0 Å². The number of aliphatic hydroxyl groups is 1. The van der Waals surface area contributed by atoms with E-state index >= 15 is 0 Å². The van der Waals surface area contributed by atoms with Crippen LogP contribution in [0.1, 0.15) is 59.8 Å². The van der Waals surface area contributed by atoms with Crippen LogP contribution in [0.5, 0.6) is 0 Å². The van der Waals surface area contributed by atoms with Crippen LogP contribution in [0.25, 0.3) is 0 Å². The number of rotatable bonds is 6. The Balaban J connectivity index is 3.62. The number of ether oxygens (including phenoxy) is 1. The summed E-state index contributed by atoms with van der Waals surface area (Å²) in [5, 5.41) is 9.52. The van der Waals surface area contributed by atoms with Gasteiger partial charge in [-0.15, -0.1) is 0 Å². The lowest BCUT2D eigenvalue weighted by Gasteiger charge is -2.20. The highest BCUT2D eigenvalue weighted by atomic mass is 16.6. The molecule has 0 spiro atoms. The molecule has 0 aromatic carbocycles. The van der Waals surface area contributed by atoms with Gasteiger partial charge in [0.15, 0.2) is 0 Å². The lowest BCUT2D eigenvalue weighted by atomic mass is 10.1. The van der Waals surface area contributed by atoms with Crippen molar-refractivity contribution in [3.05, 3.63) is 0 Å². The largest absolute Gasteiger partial charge is 0.460 e. The minimum Gasteiger partial charge on any atom is -0.460 e. The lowest BCUT2D eigenvalue weighted by molar-refractivity contribution is -0.155. The first-order chi connectivity index (χ1) is 6.85. The van der Waals surface area contributed by atoms with Crippen molar-refractivity contribution < 1.29 is 14.6 Å². The molecule has 0 amide bonds. The van der Waals surface area contributed by atoms with E-state index in [1.807, 2.05) is 20.8 Å². The molecule has 0 bridgehead atoms. The van der Waals surface area contributed by atoms with Gasteiger partial charge < -0.3 is 9.84 Å². The highest BCUT2D eigenvalue weighted by molar-refractivity contribution is 5.69. The molecule has 0 aliphatic carbocycles.